The lowest BCUT2D eigenvalue weighted by Crippen LogP contribution is -2.24. The van der Waals surface area contributed by atoms with Gasteiger partial charge in [-0.05, 0) is 41.5 Å². The smallest absolute Gasteiger partial charge is 0.429 e. The van der Waals surface area contributed by atoms with Gasteiger partial charge in [-0.3, -0.25) is 0 Å². The van der Waals surface area contributed by atoms with Gasteiger partial charge >= 0.3 is 12.3 Å². The maximum Gasteiger partial charge on any atom is 0.550 e. The minimum Gasteiger partial charge on any atom is -0.429 e. The molecular formula is C14H26O8. The maximum atomic E-state index is 11.1. The molecule has 0 atom stereocenters. The molecule has 0 heterocycles. The molecule has 0 saturated carbocycles. The molecule has 8 heteroatoms. The van der Waals surface area contributed by atoms with Crippen molar-refractivity contribution in [3.8, 4) is 0 Å². The molecule has 0 N–H and O–H groups in total. The molecule has 0 spiro atoms. The zero-order valence-electron chi connectivity index (χ0n) is 14.1. The quantitative estimate of drug-likeness (QED) is 0.319. The van der Waals surface area contributed by atoms with E-state index in [9.17, 15) is 9.59 Å². The van der Waals surface area contributed by atoms with E-state index in [1.807, 2.05) is 41.5 Å². The van der Waals surface area contributed by atoms with E-state index in [1.165, 1.54) is 0 Å². The van der Waals surface area contributed by atoms with Crippen molar-refractivity contribution >= 4 is 12.3 Å². The van der Waals surface area contributed by atoms with E-state index in [0.29, 0.717) is 0 Å². The first kappa shape index (κ1) is 20.5. The monoisotopic (exact) mass is 322 g/mol. The Labute approximate surface area is 130 Å². The predicted octanol–water partition coefficient (Wildman–Crippen LogP) is 2.84. The van der Waals surface area contributed by atoms with E-state index in [2.05, 4.69) is 19.2 Å². The lowest BCUT2D eigenvalue weighted by molar-refractivity contribution is -0.220. The Morgan fingerprint density at radius 1 is 0.636 bits per heavy atom. The highest BCUT2D eigenvalue weighted by molar-refractivity contribution is 5.63. The molecule has 0 rings (SSSR count). The van der Waals surface area contributed by atoms with E-state index in [4.69, 9.17) is 9.47 Å². The van der Waals surface area contributed by atoms with Crippen LogP contribution in [-0.4, -0.2) is 49.9 Å². The maximum absolute atomic E-state index is 11.1. The van der Waals surface area contributed by atoms with Crippen LogP contribution in [0.1, 0.15) is 41.5 Å². The van der Waals surface area contributed by atoms with Gasteiger partial charge in [0, 0.05) is 0 Å². The second kappa shape index (κ2) is 9.47. The van der Waals surface area contributed by atoms with E-state index >= 15 is 0 Å². The van der Waals surface area contributed by atoms with Crippen LogP contribution in [0.25, 0.3) is 0 Å². The van der Waals surface area contributed by atoms with Crippen LogP contribution in [0.2, 0.25) is 0 Å². The van der Waals surface area contributed by atoms with Crippen LogP contribution in [0.4, 0.5) is 9.59 Å². The van der Waals surface area contributed by atoms with Crippen molar-refractivity contribution in [3.05, 3.63) is 0 Å². The van der Waals surface area contributed by atoms with Crippen LogP contribution >= 0.6 is 0 Å². The summed E-state index contributed by atoms with van der Waals surface area (Å²) in [6.07, 6.45) is -2.30. The summed E-state index contributed by atoms with van der Waals surface area (Å²) < 4.78 is 19.9. The van der Waals surface area contributed by atoms with Gasteiger partial charge in [-0.15, -0.1) is 0 Å². The summed E-state index contributed by atoms with van der Waals surface area (Å²) >= 11 is 0. The number of hydrogen-bond donors (Lipinski definition) is 0. The fraction of sp³-hybridized carbons (Fsp3) is 0.857. The van der Waals surface area contributed by atoms with Gasteiger partial charge in [-0.2, -0.15) is 19.4 Å². The van der Waals surface area contributed by atoms with Crippen molar-refractivity contribution in [3.63, 3.8) is 0 Å². The molecular weight excluding hydrogens is 296 g/mol. The average molecular weight is 322 g/mol. The summed E-state index contributed by atoms with van der Waals surface area (Å²) in [7, 11) is 0. The fourth-order valence-electron chi connectivity index (χ4n) is 1.06. The molecule has 0 aliphatic heterocycles. The largest absolute Gasteiger partial charge is 0.550 e. The van der Waals surface area contributed by atoms with Crippen molar-refractivity contribution in [2.24, 2.45) is 0 Å². The van der Waals surface area contributed by atoms with Gasteiger partial charge in [0.2, 0.25) is 0 Å². The zero-order chi connectivity index (χ0) is 17.2. The molecule has 0 unspecified atom stereocenters. The van der Waals surface area contributed by atoms with Crippen LogP contribution < -0.4 is 0 Å². The summed E-state index contributed by atoms with van der Waals surface area (Å²) in [5.41, 5.74) is -0.661. The van der Waals surface area contributed by atoms with Gasteiger partial charge in [-0.1, -0.05) is 0 Å². The second-order valence-corrected chi connectivity index (χ2v) is 6.29. The summed E-state index contributed by atoms with van der Waals surface area (Å²) in [5.74, 6) is 0. The number of carbonyl (C=O) groups is 2. The first-order chi connectivity index (χ1) is 9.99. The molecule has 0 radical (unpaired) electrons. The van der Waals surface area contributed by atoms with Gasteiger partial charge in [0.25, 0.3) is 0 Å². The summed E-state index contributed by atoms with van der Waals surface area (Å²) in [5, 5.41) is 0. The van der Waals surface area contributed by atoms with E-state index < -0.39 is 12.3 Å². The molecule has 0 aliphatic rings. The molecule has 130 valence electrons. The SMILES string of the molecule is CC(C)(C)OCCOC(=O)OOC(=O)OCCOC(C)(C)C. The van der Waals surface area contributed by atoms with E-state index in [1.54, 1.807) is 0 Å². The summed E-state index contributed by atoms with van der Waals surface area (Å²) in [4.78, 5) is 30.4. The van der Waals surface area contributed by atoms with Gasteiger partial charge in [-0.25, -0.2) is 0 Å². The van der Waals surface area contributed by atoms with E-state index in [0.717, 1.165) is 0 Å². The third kappa shape index (κ3) is 14.9. The molecule has 0 fully saturated rings. The van der Waals surface area contributed by atoms with Crippen molar-refractivity contribution in [2.45, 2.75) is 52.7 Å². The van der Waals surface area contributed by atoms with Crippen LogP contribution in [0.5, 0.6) is 0 Å². The Morgan fingerprint density at radius 2 is 0.955 bits per heavy atom. The minimum atomic E-state index is -1.15. The molecule has 0 bridgehead atoms. The third-order valence-electron chi connectivity index (χ3n) is 1.85. The number of hydrogen-bond acceptors (Lipinski definition) is 8. The topological polar surface area (TPSA) is 89.5 Å². The Morgan fingerprint density at radius 3 is 1.23 bits per heavy atom. The number of rotatable bonds is 6. The average Bonchev–Trinajstić information content (AvgIpc) is 2.35. The van der Waals surface area contributed by atoms with Gasteiger partial charge in [0.05, 0.1) is 24.4 Å². The third-order valence-corrected chi connectivity index (χ3v) is 1.85. The highest BCUT2D eigenvalue weighted by Crippen LogP contribution is 2.06. The first-order valence-electron chi connectivity index (χ1n) is 6.95. The van der Waals surface area contributed by atoms with Gasteiger partial charge in [0.15, 0.2) is 0 Å². The van der Waals surface area contributed by atoms with Crippen molar-refractivity contribution in [1.82, 2.24) is 0 Å². The molecule has 0 aromatic rings. The second-order valence-electron chi connectivity index (χ2n) is 6.29. The highest BCUT2D eigenvalue weighted by atomic mass is 17.3. The van der Waals surface area contributed by atoms with Crippen molar-refractivity contribution in [1.29, 1.82) is 0 Å². The summed E-state index contributed by atoms with van der Waals surface area (Å²) in [6.45, 7) is 11.6. The Hall–Kier alpha value is -1.54. The lowest BCUT2D eigenvalue weighted by Gasteiger charge is -2.19. The number of ether oxygens (including phenoxy) is 4. The summed E-state index contributed by atoms with van der Waals surface area (Å²) in [6, 6.07) is 0. The highest BCUT2D eigenvalue weighted by Gasteiger charge is 2.14. The molecule has 0 amide bonds. The molecule has 0 aromatic heterocycles. The molecule has 0 aliphatic carbocycles. The Balaban J connectivity index is 3.59. The predicted molar refractivity (Wildman–Crippen MR) is 76.3 cm³/mol. The van der Waals surface area contributed by atoms with Crippen LogP contribution in [-0.2, 0) is 28.7 Å². The standard InChI is InChI=1S/C14H26O8/c1-13(2,3)19-9-7-17-11(15)21-22-12(16)18-8-10-20-14(4,5)6/h7-10H2,1-6H3. The van der Waals surface area contributed by atoms with Crippen LogP contribution in [0.3, 0.4) is 0 Å². The van der Waals surface area contributed by atoms with E-state index in [-0.39, 0.29) is 37.6 Å². The molecule has 0 aromatic carbocycles. The zero-order valence-corrected chi connectivity index (χ0v) is 14.1. The van der Waals surface area contributed by atoms with Crippen LogP contribution in [0, 0.1) is 0 Å². The number of carbonyl (C=O) groups excluding carboxylic acids is 2. The molecule has 22 heavy (non-hydrogen) atoms. The van der Waals surface area contributed by atoms with Gasteiger partial charge in [0.1, 0.15) is 13.2 Å². The Bertz CT molecular complexity index is 306. The van der Waals surface area contributed by atoms with Crippen LogP contribution in [0.15, 0.2) is 0 Å². The van der Waals surface area contributed by atoms with Gasteiger partial charge < -0.3 is 18.9 Å². The van der Waals surface area contributed by atoms with Crippen molar-refractivity contribution < 1.29 is 38.3 Å². The lowest BCUT2D eigenvalue weighted by atomic mass is 10.2. The molecule has 8 nitrogen and oxygen atoms in total. The normalized spacial score (nSPS) is 11.7. The van der Waals surface area contributed by atoms with Crippen molar-refractivity contribution in [2.75, 3.05) is 26.4 Å². The first-order valence-corrected chi connectivity index (χ1v) is 6.95. The Kier molecular flexibility index (Phi) is 8.81. The fourth-order valence-corrected chi connectivity index (χ4v) is 1.06. The molecule has 0 saturated heterocycles. The minimum absolute atomic E-state index is 0.0199.